The molecular formula is C10H10N2O. The van der Waals surface area contributed by atoms with E-state index in [4.69, 9.17) is 0 Å². The first-order valence-electron chi connectivity index (χ1n) is 4.48. The van der Waals surface area contributed by atoms with Gasteiger partial charge in [-0.05, 0) is 11.1 Å². The number of hydrogen-bond acceptors (Lipinski definition) is 2. The normalized spacial score (nSPS) is 29.7. The minimum atomic E-state index is 0.00917. The molecule has 1 aromatic rings. The van der Waals surface area contributed by atoms with Crippen LogP contribution in [0.5, 0.6) is 0 Å². The molecule has 0 radical (unpaired) electrons. The van der Waals surface area contributed by atoms with Crippen LogP contribution in [0.25, 0.3) is 0 Å². The Balaban J connectivity index is 2.05. The molecule has 3 nitrogen and oxygen atoms in total. The first-order valence-corrected chi connectivity index (χ1v) is 4.48. The summed E-state index contributed by atoms with van der Waals surface area (Å²) < 4.78 is 0. The summed E-state index contributed by atoms with van der Waals surface area (Å²) in [5, 5.41) is 6.11. The quantitative estimate of drug-likeness (QED) is 0.556. The minimum absolute atomic E-state index is 0.00917. The maximum atomic E-state index is 11.1. The van der Waals surface area contributed by atoms with Crippen molar-refractivity contribution in [1.82, 2.24) is 10.6 Å². The van der Waals surface area contributed by atoms with Crippen molar-refractivity contribution in [3.05, 3.63) is 35.4 Å². The van der Waals surface area contributed by atoms with E-state index in [9.17, 15) is 4.79 Å². The highest BCUT2D eigenvalue weighted by Gasteiger charge is 2.43. The van der Waals surface area contributed by atoms with E-state index in [2.05, 4.69) is 22.8 Å². The summed E-state index contributed by atoms with van der Waals surface area (Å²) in [5.74, 6) is 0.125. The maximum Gasteiger partial charge on any atom is 0.240 e. The summed E-state index contributed by atoms with van der Waals surface area (Å²) in [6.45, 7) is 0.810. The second-order valence-electron chi connectivity index (χ2n) is 3.54. The van der Waals surface area contributed by atoms with Gasteiger partial charge in [-0.2, -0.15) is 0 Å². The zero-order valence-corrected chi connectivity index (χ0v) is 7.08. The molecule has 0 bridgehead atoms. The molecule has 2 aliphatic rings. The highest BCUT2D eigenvalue weighted by atomic mass is 16.2. The molecule has 3 heteroatoms. The van der Waals surface area contributed by atoms with Gasteiger partial charge in [0.2, 0.25) is 5.91 Å². The van der Waals surface area contributed by atoms with E-state index in [-0.39, 0.29) is 18.0 Å². The van der Waals surface area contributed by atoms with E-state index in [1.807, 2.05) is 12.1 Å². The molecule has 0 aliphatic carbocycles. The molecule has 66 valence electrons. The zero-order chi connectivity index (χ0) is 8.84. The van der Waals surface area contributed by atoms with Crippen LogP contribution in [-0.4, -0.2) is 11.9 Å². The topological polar surface area (TPSA) is 41.1 Å². The number of carbonyl (C=O) groups excluding carboxylic acids is 1. The van der Waals surface area contributed by atoms with Crippen molar-refractivity contribution >= 4 is 5.91 Å². The second-order valence-corrected chi connectivity index (χ2v) is 3.54. The largest absolute Gasteiger partial charge is 0.346 e. The monoisotopic (exact) mass is 174 g/mol. The number of carbonyl (C=O) groups is 1. The maximum absolute atomic E-state index is 11.1. The number of fused-ring (bicyclic) bond motifs is 3. The van der Waals surface area contributed by atoms with Gasteiger partial charge in [-0.1, -0.05) is 24.3 Å². The van der Waals surface area contributed by atoms with Gasteiger partial charge in [0.05, 0.1) is 6.04 Å². The molecule has 0 spiro atoms. The number of rotatable bonds is 0. The molecule has 1 amide bonds. The van der Waals surface area contributed by atoms with Gasteiger partial charge in [-0.15, -0.1) is 0 Å². The van der Waals surface area contributed by atoms with Crippen LogP contribution < -0.4 is 10.6 Å². The first-order chi connectivity index (χ1) is 6.36. The lowest BCUT2D eigenvalue weighted by molar-refractivity contribution is -0.132. The Kier molecular flexibility index (Phi) is 1.27. The van der Waals surface area contributed by atoms with Crippen LogP contribution in [0.2, 0.25) is 0 Å². The molecule has 2 atom stereocenters. The molecule has 1 saturated heterocycles. The van der Waals surface area contributed by atoms with Crippen LogP contribution in [-0.2, 0) is 11.3 Å². The third-order valence-corrected chi connectivity index (χ3v) is 2.82. The number of nitrogens with one attached hydrogen (secondary N) is 2. The predicted molar refractivity (Wildman–Crippen MR) is 48.0 cm³/mol. The summed E-state index contributed by atoms with van der Waals surface area (Å²) in [6, 6.07) is 8.45. The van der Waals surface area contributed by atoms with Gasteiger partial charge in [-0.3, -0.25) is 10.1 Å². The minimum Gasteiger partial charge on any atom is -0.346 e. The number of benzene rings is 1. The molecule has 0 aromatic heterocycles. The summed E-state index contributed by atoms with van der Waals surface area (Å²) in [7, 11) is 0. The average molecular weight is 174 g/mol. The van der Waals surface area contributed by atoms with Crippen molar-refractivity contribution in [2.75, 3.05) is 0 Å². The molecule has 1 fully saturated rings. The van der Waals surface area contributed by atoms with Crippen molar-refractivity contribution in [3.8, 4) is 0 Å². The Morgan fingerprint density at radius 3 is 2.92 bits per heavy atom. The third-order valence-electron chi connectivity index (χ3n) is 2.82. The molecular weight excluding hydrogens is 164 g/mol. The lowest BCUT2D eigenvalue weighted by Gasteiger charge is -2.42. The van der Waals surface area contributed by atoms with Gasteiger partial charge in [-0.25, -0.2) is 0 Å². The van der Waals surface area contributed by atoms with Crippen LogP contribution in [0.15, 0.2) is 24.3 Å². The molecule has 3 rings (SSSR count). The lowest BCUT2D eigenvalue weighted by atomic mass is 9.85. The summed E-state index contributed by atoms with van der Waals surface area (Å²) in [5.41, 5.74) is 2.56. The van der Waals surface area contributed by atoms with E-state index in [1.54, 1.807) is 0 Å². The SMILES string of the molecule is O=C1N[C@@H]2c3ccccc3CN[C@H]12. The standard InChI is InChI=1S/C10H10N2O/c13-10-9-8(12-10)7-4-2-1-3-6(7)5-11-9/h1-4,8-9,11H,5H2,(H,12,13)/t8-,9+/m1/s1. The Bertz CT molecular complexity index is 375. The number of hydrogen-bond donors (Lipinski definition) is 2. The molecule has 0 unspecified atom stereocenters. The van der Waals surface area contributed by atoms with E-state index in [0.717, 1.165) is 6.54 Å². The van der Waals surface area contributed by atoms with Crippen LogP contribution in [0, 0.1) is 0 Å². The summed E-state index contributed by atoms with van der Waals surface area (Å²) in [4.78, 5) is 11.1. The van der Waals surface area contributed by atoms with Gasteiger partial charge in [0.1, 0.15) is 6.04 Å². The van der Waals surface area contributed by atoms with Gasteiger partial charge in [0.15, 0.2) is 0 Å². The van der Waals surface area contributed by atoms with Gasteiger partial charge in [0, 0.05) is 6.54 Å². The van der Waals surface area contributed by atoms with Crippen LogP contribution in [0.4, 0.5) is 0 Å². The van der Waals surface area contributed by atoms with E-state index in [1.165, 1.54) is 11.1 Å². The Labute approximate surface area is 76.1 Å². The first kappa shape index (κ1) is 7.09. The fourth-order valence-corrected chi connectivity index (χ4v) is 2.07. The fraction of sp³-hybridized carbons (Fsp3) is 0.300. The Morgan fingerprint density at radius 2 is 2.08 bits per heavy atom. The average Bonchev–Trinajstić information content (AvgIpc) is 2.16. The molecule has 2 N–H and O–H groups in total. The number of amides is 1. The van der Waals surface area contributed by atoms with Crippen LogP contribution in [0.1, 0.15) is 17.2 Å². The van der Waals surface area contributed by atoms with Crippen LogP contribution >= 0.6 is 0 Å². The molecule has 1 aromatic carbocycles. The highest BCUT2D eigenvalue weighted by Crippen LogP contribution is 2.31. The lowest BCUT2D eigenvalue weighted by Crippen LogP contribution is -2.64. The van der Waals surface area contributed by atoms with Crippen molar-refractivity contribution in [1.29, 1.82) is 0 Å². The Morgan fingerprint density at radius 1 is 1.23 bits per heavy atom. The molecule has 13 heavy (non-hydrogen) atoms. The molecule has 0 saturated carbocycles. The van der Waals surface area contributed by atoms with Crippen molar-refractivity contribution in [2.24, 2.45) is 0 Å². The summed E-state index contributed by atoms with van der Waals surface area (Å²) in [6.07, 6.45) is 0. The molecule has 2 heterocycles. The fourth-order valence-electron chi connectivity index (χ4n) is 2.07. The van der Waals surface area contributed by atoms with E-state index >= 15 is 0 Å². The van der Waals surface area contributed by atoms with Crippen LogP contribution in [0.3, 0.4) is 0 Å². The van der Waals surface area contributed by atoms with Crippen molar-refractivity contribution < 1.29 is 4.79 Å². The molecule has 2 aliphatic heterocycles. The predicted octanol–water partition coefficient (Wildman–Crippen LogP) is 0.329. The van der Waals surface area contributed by atoms with E-state index < -0.39 is 0 Å². The van der Waals surface area contributed by atoms with Crippen molar-refractivity contribution in [2.45, 2.75) is 18.6 Å². The van der Waals surface area contributed by atoms with Gasteiger partial charge >= 0.3 is 0 Å². The smallest absolute Gasteiger partial charge is 0.240 e. The Hall–Kier alpha value is -1.35. The third kappa shape index (κ3) is 0.848. The second kappa shape index (κ2) is 2.33. The van der Waals surface area contributed by atoms with Gasteiger partial charge < -0.3 is 5.32 Å². The van der Waals surface area contributed by atoms with E-state index in [0.29, 0.717) is 0 Å². The van der Waals surface area contributed by atoms with Crippen molar-refractivity contribution in [3.63, 3.8) is 0 Å². The zero-order valence-electron chi connectivity index (χ0n) is 7.08. The highest BCUT2D eigenvalue weighted by molar-refractivity contribution is 5.90. The summed E-state index contributed by atoms with van der Waals surface area (Å²) >= 11 is 0. The number of β-lactam (4-membered cyclic amide) rings is 1. The van der Waals surface area contributed by atoms with Gasteiger partial charge in [0.25, 0.3) is 0 Å².